The lowest BCUT2D eigenvalue weighted by molar-refractivity contribution is -0.130. The summed E-state index contributed by atoms with van der Waals surface area (Å²) in [4.78, 5) is 11.6. The lowest BCUT2D eigenvalue weighted by atomic mass is 10.0. The van der Waals surface area contributed by atoms with Gasteiger partial charge in [-0.2, -0.15) is 0 Å². The number of carbonyl (C=O) groups excluding carboxylic acids is 1. The van der Waals surface area contributed by atoms with Gasteiger partial charge in [-0.05, 0) is 20.3 Å². The predicted molar refractivity (Wildman–Crippen MR) is 55.8 cm³/mol. The third kappa shape index (κ3) is 4.73. The molecule has 1 saturated heterocycles. The summed E-state index contributed by atoms with van der Waals surface area (Å²) in [5.41, 5.74) is 0. The molecule has 0 aromatic carbocycles. The zero-order valence-electron chi connectivity index (χ0n) is 9.53. The predicted octanol–water partition coefficient (Wildman–Crippen LogP) is 1.03. The molecule has 0 bridgehead atoms. The molecule has 0 spiro atoms. The molecule has 4 heteroatoms. The lowest BCUT2D eigenvalue weighted by Crippen LogP contribution is -2.25. The summed E-state index contributed by atoms with van der Waals surface area (Å²) in [7, 11) is 0. The van der Waals surface area contributed by atoms with Gasteiger partial charge in [0.25, 0.3) is 0 Å². The molecular formula is C11H20O4. The summed E-state index contributed by atoms with van der Waals surface area (Å²) in [6.07, 6.45) is 0.818. The molecular weight excluding hydrogens is 196 g/mol. The fraction of sp³-hybridized carbons (Fsp3) is 0.909. The van der Waals surface area contributed by atoms with E-state index in [0.717, 1.165) is 6.42 Å². The van der Waals surface area contributed by atoms with Crippen molar-refractivity contribution >= 4 is 5.78 Å². The van der Waals surface area contributed by atoms with E-state index in [0.29, 0.717) is 26.4 Å². The smallest absolute Gasteiger partial charge is 0.163 e. The summed E-state index contributed by atoms with van der Waals surface area (Å²) >= 11 is 0. The molecule has 0 N–H and O–H groups in total. The van der Waals surface area contributed by atoms with Gasteiger partial charge in [0, 0.05) is 19.1 Å². The van der Waals surface area contributed by atoms with Crippen LogP contribution in [-0.2, 0) is 19.0 Å². The van der Waals surface area contributed by atoms with Crippen molar-refractivity contribution < 1.29 is 19.0 Å². The van der Waals surface area contributed by atoms with Crippen LogP contribution in [0.4, 0.5) is 0 Å². The van der Waals surface area contributed by atoms with Crippen LogP contribution in [0.25, 0.3) is 0 Å². The van der Waals surface area contributed by atoms with E-state index >= 15 is 0 Å². The Labute approximate surface area is 90.9 Å². The van der Waals surface area contributed by atoms with E-state index in [1.165, 1.54) is 0 Å². The molecule has 1 aliphatic rings. The minimum Gasteiger partial charge on any atom is -0.381 e. The van der Waals surface area contributed by atoms with E-state index in [1.54, 1.807) is 0 Å². The van der Waals surface area contributed by atoms with Crippen molar-refractivity contribution in [2.24, 2.45) is 5.92 Å². The number of ether oxygens (including phenoxy) is 3. The number of carbonyl (C=O) groups is 1. The summed E-state index contributed by atoms with van der Waals surface area (Å²) in [5.74, 6) is 0.195. The summed E-state index contributed by atoms with van der Waals surface area (Å²) < 4.78 is 15.7. The largest absolute Gasteiger partial charge is 0.381 e. The molecule has 2 unspecified atom stereocenters. The van der Waals surface area contributed by atoms with Crippen LogP contribution in [0, 0.1) is 5.92 Å². The van der Waals surface area contributed by atoms with E-state index in [1.807, 2.05) is 13.8 Å². The van der Waals surface area contributed by atoms with Gasteiger partial charge in [0.1, 0.15) is 6.61 Å². The molecule has 1 heterocycles. The molecule has 0 amide bonds. The quantitative estimate of drug-likeness (QED) is 0.637. The van der Waals surface area contributed by atoms with Crippen LogP contribution in [0.2, 0.25) is 0 Å². The van der Waals surface area contributed by atoms with Gasteiger partial charge in [-0.25, -0.2) is 0 Å². The van der Waals surface area contributed by atoms with E-state index in [4.69, 9.17) is 14.2 Å². The van der Waals surface area contributed by atoms with Gasteiger partial charge in [-0.1, -0.05) is 0 Å². The minimum absolute atomic E-state index is 0.0174. The van der Waals surface area contributed by atoms with Crippen molar-refractivity contribution in [1.29, 1.82) is 0 Å². The van der Waals surface area contributed by atoms with Gasteiger partial charge < -0.3 is 14.2 Å². The summed E-state index contributed by atoms with van der Waals surface area (Å²) in [5, 5.41) is 0. The molecule has 4 nitrogen and oxygen atoms in total. The minimum atomic E-state index is -0.0174. The Balaban J connectivity index is 2.10. The van der Waals surface area contributed by atoms with Crippen molar-refractivity contribution in [3.8, 4) is 0 Å². The van der Waals surface area contributed by atoms with Gasteiger partial charge in [0.2, 0.25) is 0 Å². The van der Waals surface area contributed by atoms with Crippen molar-refractivity contribution in [1.82, 2.24) is 0 Å². The molecule has 0 saturated carbocycles. The van der Waals surface area contributed by atoms with Crippen molar-refractivity contribution in [2.75, 3.05) is 33.0 Å². The fourth-order valence-electron chi connectivity index (χ4n) is 1.46. The Morgan fingerprint density at radius 3 is 3.00 bits per heavy atom. The molecule has 2 atom stereocenters. The molecule has 0 aromatic rings. The molecule has 1 rings (SSSR count). The van der Waals surface area contributed by atoms with Crippen LogP contribution >= 0.6 is 0 Å². The first-order valence-corrected chi connectivity index (χ1v) is 5.53. The zero-order valence-corrected chi connectivity index (χ0v) is 9.53. The van der Waals surface area contributed by atoms with E-state index in [-0.39, 0.29) is 24.4 Å². The van der Waals surface area contributed by atoms with Crippen LogP contribution in [-0.4, -0.2) is 44.9 Å². The second kappa shape index (κ2) is 6.93. The molecule has 88 valence electrons. The molecule has 1 aliphatic heterocycles. The number of Topliss-reactive ketones (excluding diaryl/α,β-unsaturated/α-hetero) is 1. The fourth-order valence-corrected chi connectivity index (χ4v) is 1.46. The highest BCUT2D eigenvalue weighted by Gasteiger charge is 2.23. The highest BCUT2D eigenvalue weighted by Crippen LogP contribution is 2.13. The highest BCUT2D eigenvalue weighted by molar-refractivity contribution is 5.82. The topological polar surface area (TPSA) is 44.8 Å². The van der Waals surface area contributed by atoms with Crippen LogP contribution in [0.5, 0.6) is 0 Å². The Morgan fingerprint density at radius 1 is 1.60 bits per heavy atom. The standard InChI is InChI=1S/C11H20O4/c1-3-13-6-9(2)15-8-11(12)10-4-5-14-7-10/h9-10H,3-8H2,1-2H3. The number of ketones is 1. The average Bonchev–Trinajstić information content (AvgIpc) is 2.76. The maximum atomic E-state index is 11.6. The monoisotopic (exact) mass is 216 g/mol. The molecule has 0 aliphatic carbocycles. The molecule has 1 fully saturated rings. The Hall–Kier alpha value is -0.450. The summed E-state index contributed by atoms with van der Waals surface area (Å²) in [6, 6.07) is 0. The second-order valence-corrected chi connectivity index (χ2v) is 3.81. The number of hydrogen-bond acceptors (Lipinski definition) is 4. The first-order valence-electron chi connectivity index (χ1n) is 5.53. The van der Waals surface area contributed by atoms with E-state index in [9.17, 15) is 4.79 Å². The van der Waals surface area contributed by atoms with Crippen LogP contribution in [0.3, 0.4) is 0 Å². The maximum Gasteiger partial charge on any atom is 0.163 e. The number of hydrogen-bond donors (Lipinski definition) is 0. The Morgan fingerprint density at radius 2 is 2.40 bits per heavy atom. The Kier molecular flexibility index (Phi) is 5.83. The van der Waals surface area contributed by atoms with E-state index in [2.05, 4.69) is 0 Å². The first-order chi connectivity index (χ1) is 7.24. The Bertz CT molecular complexity index is 187. The summed E-state index contributed by atoms with van der Waals surface area (Å²) in [6.45, 7) is 6.51. The van der Waals surface area contributed by atoms with Gasteiger partial charge in [0.05, 0.1) is 19.3 Å². The van der Waals surface area contributed by atoms with Gasteiger partial charge in [-0.15, -0.1) is 0 Å². The average molecular weight is 216 g/mol. The van der Waals surface area contributed by atoms with Crippen LogP contribution < -0.4 is 0 Å². The third-order valence-electron chi connectivity index (χ3n) is 2.45. The van der Waals surface area contributed by atoms with Crippen molar-refractivity contribution in [3.05, 3.63) is 0 Å². The highest BCUT2D eigenvalue weighted by atomic mass is 16.5. The van der Waals surface area contributed by atoms with Crippen LogP contribution in [0.1, 0.15) is 20.3 Å². The van der Waals surface area contributed by atoms with Crippen LogP contribution in [0.15, 0.2) is 0 Å². The van der Waals surface area contributed by atoms with Gasteiger partial charge in [0.15, 0.2) is 5.78 Å². The van der Waals surface area contributed by atoms with Crippen molar-refractivity contribution in [3.63, 3.8) is 0 Å². The molecule has 0 aromatic heterocycles. The normalized spacial score (nSPS) is 22.9. The molecule has 15 heavy (non-hydrogen) atoms. The van der Waals surface area contributed by atoms with E-state index < -0.39 is 0 Å². The van der Waals surface area contributed by atoms with Crippen molar-refractivity contribution in [2.45, 2.75) is 26.4 Å². The number of rotatable bonds is 7. The SMILES string of the molecule is CCOCC(C)OCC(=O)C1CCOC1. The lowest BCUT2D eigenvalue weighted by Gasteiger charge is -2.13. The van der Waals surface area contributed by atoms with Gasteiger partial charge >= 0.3 is 0 Å². The zero-order chi connectivity index (χ0) is 11.1. The third-order valence-corrected chi connectivity index (χ3v) is 2.45. The molecule has 0 radical (unpaired) electrons. The maximum absolute atomic E-state index is 11.6. The second-order valence-electron chi connectivity index (χ2n) is 3.81. The first kappa shape index (κ1) is 12.6. The van der Waals surface area contributed by atoms with Gasteiger partial charge in [-0.3, -0.25) is 4.79 Å².